The Hall–Kier alpha value is -1.40. The quantitative estimate of drug-likeness (QED) is 0.590. The summed E-state index contributed by atoms with van der Waals surface area (Å²) >= 11 is 0. The van der Waals surface area contributed by atoms with E-state index in [1.54, 1.807) is 0 Å². The average Bonchev–Trinajstić information content (AvgIpc) is 2.35. The van der Waals surface area contributed by atoms with Crippen molar-refractivity contribution in [1.82, 2.24) is 14.9 Å². The number of hydrogen-bond acceptors (Lipinski definition) is 6. The molecule has 1 aromatic heterocycles. The molecule has 0 spiro atoms. The summed E-state index contributed by atoms with van der Waals surface area (Å²) in [5.41, 5.74) is 3.40. The first kappa shape index (κ1) is 12.1. The molecular formula is C11H19N5O. The van der Waals surface area contributed by atoms with Crippen molar-refractivity contribution in [1.29, 1.82) is 0 Å². The SMILES string of the molecule is Cc1c(NN)ncnc1OC1CCN(C)CC1. The van der Waals surface area contributed by atoms with Gasteiger partial charge in [0.2, 0.25) is 5.88 Å². The largest absolute Gasteiger partial charge is 0.474 e. The number of nitrogen functional groups attached to an aromatic ring is 1. The van der Waals surface area contributed by atoms with Crippen LogP contribution in [0.15, 0.2) is 6.33 Å². The van der Waals surface area contributed by atoms with E-state index in [9.17, 15) is 0 Å². The van der Waals surface area contributed by atoms with E-state index in [-0.39, 0.29) is 6.10 Å². The second kappa shape index (κ2) is 5.29. The standard InChI is InChI=1S/C11H19N5O/c1-8-10(15-12)13-7-14-11(8)17-9-3-5-16(2)6-4-9/h7,9H,3-6,12H2,1-2H3,(H,13,14,15). The van der Waals surface area contributed by atoms with Crippen LogP contribution in [0, 0.1) is 6.92 Å². The number of hydrogen-bond donors (Lipinski definition) is 2. The summed E-state index contributed by atoms with van der Waals surface area (Å²) in [6.45, 7) is 4.03. The number of anilines is 1. The lowest BCUT2D eigenvalue weighted by molar-refractivity contribution is 0.109. The van der Waals surface area contributed by atoms with Crippen molar-refractivity contribution in [3.8, 4) is 5.88 Å². The van der Waals surface area contributed by atoms with Crippen LogP contribution in [0.3, 0.4) is 0 Å². The topological polar surface area (TPSA) is 76.3 Å². The predicted octanol–water partition coefficient (Wildman–Crippen LogP) is 0.544. The average molecular weight is 237 g/mol. The molecule has 0 saturated carbocycles. The first-order chi connectivity index (χ1) is 8.20. The molecule has 1 aromatic rings. The Kier molecular flexibility index (Phi) is 3.75. The van der Waals surface area contributed by atoms with Crippen molar-refractivity contribution in [3.05, 3.63) is 11.9 Å². The van der Waals surface area contributed by atoms with Gasteiger partial charge in [-0.15, -0.1) is 0 Å². The minimum atomic E-state index is 0.241. The molecule has 0 bridgehead atoms. The molecule has 6 heteroatoms. The molecule has 0 atom stereocenters. The number of nitrogens with one attached hydrogen (secondary N) is 1. The number of nitrogens with two attached hydrogens (primary N) is 1. The highest BCUT2D eigenvalue weighted by Crippen LogP contribution is 2.23. The Balaban J connectivity index is 2.03. The van der Waals surface area contributed by atoms with Gasteiger partial charge >= 0.3 is 0 Å². The molecule has 2 rings (SSSR count). The minimum Gasteiger partial charge on any atom is -0.474 e. The number of rotatable bonds is 3. The summed E-state index contributed by atoms with van der Waals surface area (Å²) in [4.78, 5) is 10.5. The molecule has 0 radical (unpaired) electrons. The molecule has 94 valence electrons. The van der Waals surface area contributed by atoms with Gasteiger partial charge in [-0.3, -0.25) is 0 Å². The van der Waals surface area contributed by atoms with Gasteiger partial charge in [0.15, 0.2) is 0 Å². The highest BCUT2D eigenvalue weighted by atomic mass is 16.5. The molecule has 3 N–H and O–H groups in total. The minimum absolute atomic E-state index is 0.241. The van der Waals surface area contributed by atoms with Gasteiger partial charge in [-0.1, -0.05) is 0 Å². The second-order valence-corrected chi connectivity index (χ2v) is 4.42. The van der Waals surface area contributed by atoms with Crippen LogP contribution in [0.4, 0.5) is 5.82 Å². The van der Waals surface area contributed by atoms with Crippen LogP contribution in [0.1, 0.15) is 18.4 Å². The maximum Gasteiger partial charge on any atom is 0.221 e. The number of hydrazine groups is 1. The molecule has 1 fully saturated rings. The van der Waals surface area contributed by atoms with Gasteiger partial charge in [0.1, 0.15) is 18.2 Å². The van der Waals surface area contributed by atoms with Gasteiger partial charge in [-0.2, -0.15) is 0 Å². The van der Waals surface area contributed by atoms with E-state index in [0.717, 1.165) is 31.5 Å². The van der Waals surface area contributed by atoms with Gasteiger partial charge in [-0.25, -0.2) is 15.8 Å². The van der Waals surface area contributed by atoms with Gasteiger partial charge in [-0.05, 0) is 26.8 Å². The number of aromatic nitrogens is 2. The Labute approximate surface area is 101 Å². The third-order valence-corrected chi connectivity index (χ3v) is 3.12. The fourth-order valence-corrected chi connectivity index (χ4v) is 1.96. The molecule has 0 unspecified atom stereocenters. The highest BCUT2D eigenvalue weighted by Gasteiger charge is 2.19. The molecule has 0 amide bonds. The summed E-state index contributed by atoms with van der Waals surface area (Å²) in [5.74, 6) is 6.61. The van der Waals surface area contributed by atoms with E-state index in [1.807, 2.05) is 6.92 Å². The molecule has 2 heterocycles. The summed E-state index contributed by atoms with van der Waals surface area (Å²) in [6, 6.07) is 0. The zero-order valence-corrected chi connectivity index (χ0v) is 10.3. The maximum atomic E-state index is 5.90. The van der Waals surface area contributed by atoms with E-state index in [1.165, 1.54) is 6.33 Å². The summed E-state index contributed by atoms with van der Waals surface area (Å²) in [7, 11) is 2.13. The molecule has 1 aliphatic rings. The van der Waals surface area contributed by atoms with Gasteiger partial charge in [0.25, 0.3) is 0 Å². The Morgan fingerprint density at radius 2 is 2.12 bits per heavy atom. The van der Waals surface area contributed by atoms with Crippen molar-refractivity contribution in [2.45, 2.75) is 25.9 Å². The molecule has 6 nitrogen and oxygen atoms in total. The molecule has 0 aliphatic carbocycles. The van der Waals surface area contributed by atoms with Gasteiger partial charge in [0, 0.05) is 13.1 Å². The lowest BCUT2D eigenvalue weighted by atomic mass is 10.1. The molecule has 1 aliphatic heterocycles. The van der Waals surface area contributed by atoms with Crippen LogP contribution in [0.2, 0.25) is 0 Å². The summed E-state index contributed by atoms with van der Waals surface area (Å²) in [6.07, 6.45) is 3.77. The fraction of sp³-hybridized carbons (Fsp3) is 0.636. The number of likely N-dealkylation sites (tertiary alicyclic amines) is 1. The van der Waals surface area contributed by atoms with Crippen molar-refractivity contribution in [2.24, 2.45) is 5.84 Å². The van der Waals surface area contributed by atoms with Crippen LogP contribution in [-0.2, 0) is 0 Å². The molecule has 1 saturated heterocycles. The van der Waals surface area contributed by atoms with Crippen molar-refractivity contribution in [3.63, 3.8) is 0 Å². The Bertz CT molecular complexity index is 376. The van der Waals surface area contributed by atoms with Crippen LogP contribution < -0.4 is 16.0 Å². The van der Waals surface area contributed by atoms with Crippen LogP contribution in [0.25, 0.3) is 0 Å². The maximum absolute atomic E-state index is 5.90. The molecule has 17 heavy (non-hydrogen) atoms. The van der Waals surface area contributed by atoms with E-state index in [4.69, 9.17) is 10.6 Å². The fourth-order valence-electron chi connectivity index (χ4n) is 1.96. The molecule has 0 aromatic carbocycles. The summed E-state index contributed by atoms with van der Waals surface area (Å²) in [5, 5.41) is 0. The van der Waals surface area contributed by atoms with Gasteiger partial charge in [0.05, 0.1) is 5.56 Å². The van der Waals surface area contributed by atoms with Crippen molar-refractivity contribution in [2.75, 3.05) is 25.6 Å². The van der Waals surface area contributed by atoms with E-state index in [0.29, 0.717) is 11.7 Å². The zero-order valence-electron chi connectivity index (χ0n) is 10.3. The van der Waals surface area contributed by atoms with Crippen molar-refractivity contribution >= 4 is 5.82 Å². The van der Waals surface area contributed by atoms with Gasteiger partial charge < -0.3 is 15.1 Å². The molecular weight excluding hydrogens is 218 g/mol. The second-order valence-electron chi connectivity index (χ2n) is 4.42. The highest BCUT2D eigenvalue weighted by molar-refractivity contribution is 5.46. The van der Waals surface area contributed by atoms with Crippen LogP contribution >= 0.6 is 0 Å². The monoisotopic (exact) mass is 237 g/mol. The van der Waals surface area contributed by atoms with Crippen LogP contribution in [0.5, 0.6) is 5.88 Å². The summed E-state index contributed by atoms with van der Waals surface area (Å²) < 4.78 is 5.90. The third kappa shape index (κ3) is 2.83. The first-order valence-corrected chi connectivity index (χ1v) is 5.84. The normalized spacial score (nSPS) is 18.1. The predicted molar refractivity (Wildman–Crippen MR) is 65.7 cm³/mol. The number of ether oxygens (including phenoxy) is 1. The lowest BCUT2D eigenvalue weighted by Crippen LogP contribution is -2.36. The number of nitrogens with zero attached hydrogens (tertiary/aromatic N) is 3. The number of piperidine rings is 1. The Morgan fingerprint density at radius 1 is 1.41 bits per heavy atom. The Morgan fingerprint density at radius 3 is 2.76 bits per heavy atom. The lowest BCUT2D eigenvalue weighted by Gasteiger charge is -2.29. The van der Waals surface area contributed by atoms with E-state index in [2.05, 4.69) is 27.3 Å². The zero-order chi connectivity index (χ0) is 12.3. The first-order valence-electron chi connectivity index (χ1n) is 5.84. The van der Waals surface area contributed by atoms with Crippen molar-refractivity contribution < 1.29 is 4.74 Å². The van der Waals surface area contributed by atoms with Crippen LogP contribution in [-0.4, -0.2) is 41.1 Å². The third-order valence-electron chi connectivity index (χ3n) is 3.12. The smallest absolute Gasteiger partial charge is 0.221 e. The van der Waals surface area contributed by atoms with E-state index < -0.39 is 0 Å². The van der Waals surface area contributed by atoms with E-state index >= 15 is 0 Å².